The lowest BCUT2D eigenvalue weighted by atomic mass is 10.1. The van der Waals surface area contributed by atoms with E-state index in [4.69, 9.17) is 5.73 Å². The van der Waals surface area contributed by atoms with E-state index in [0.29, 0.717) is 15.6 Å². The lowest BCUT2D eigenvalue weighted by Gasteiger charge is -2.06. The second-order valence-electron chi connectivity index (χ2n) is 2.89. The molecule has 0 radical (unpaired) electrons. The lowest BCUT2D eigenvalue weighted by Crippen LogP contribution is -1.86. The van der Waals surface area contributed by atoms with Gasteiger partial charge in [0.05, 0.1) is 11.8 Å². The van der Waals surface area contributed by atoms with Gasteiger partial charge in [0.2, 0.25) is 5.88 Å². The van der Waals surface area contributed by atoms with Crippen LogP contribution in [0.3, 0.4) is 0 Å². The molecule has 1 heterocycles. The fourth-order valence-corrected chi connectivity index (χ4v) is 1.78. The van der Waals surface area contributed by atoms with Crippen molar-refractivity contribution >= 4 is 21.8 Å². The summed E-state index contributed by atoms with van der Waals surface area (Å²) >= 11 is 3.24. The predicted molar refractivity (Wildman–Crippen MR) is 57.4 cm³/mol. The van der Waals surface area contributed by atoms with E-state index in [0.717, 1.165) is 0 Å². The molecule has 0 aliphatic carbocycles. The number of phenolic OH excluding ortho intramolecular Hbond substituents is 2. The van der Waals surface area contributed by atoms with E-state index < -0.39 is 0 Å². The SMILES string of the molecule is Nc1oncc1-c1c(Br)ccc(O)c1O. The van der Waals surface area contributed by atoms with Crippen LogP contribution in [-0.4, -0.2) is 15.4 Å². The summed E-state index contributed by atoms with van der Waals surface area (Å²) in [6.07, 6.45) is 1.37. The maximum atomic E-state index is 9.67. The van der Waals surface area contributed by atoms with Crippen molar-refractivity contribution in [3.8, 4) is 22.6 Å². The number of aromatic hydroxyl groups is 2. The molecule has 6 heteroatoms. The summed E-state index contributed by atoms with van der Waals surface area (Å²) in [5.41, 5.74) is 6.30. The topological polar surface area (TPSA) is 92.5 Å². The number of nitrogens with zero attached hydrogens (tertiary/aromatic N) is 1. The molecule has 0 unspecified atom stereocenters. The third-order valence-corrected chi connectivity index (χ3v) is 2.63. The number of rotatable bonds is 1. The molecule has 0 aliphatic rings. The zero-order valence-electron chi connectivity index (χ0n) is 7.44. The molecule has 0 bridgehead atoms. The minimum absolute atomic E-state index is 0.0802. The van der Waals surface area contributed by atoms with Gasteiger partial charge >= 0.3 is 0 Å². The summed E-state index contributed by atoms with van der Waals surface area (Å²) in [4.78, 5) is 0. The van der Waals surface area contributed by atoms with Gasteiger partial charge in [-0.2, -0.15) is 0 Å². The summed E-state index contributed by atoms with van der Waals surface area (Å²) in [7, 11) is 0. The number of anilines is 1. The fourth-order valence-electron chi connectivity index (χ4n) is 1.25. The number of nitrogens with two attached hydrogens (primary N) is 1. The van der Waals surface area contributed by atoms with Gasteiger partial charge in [-0.3, -0.25) is 0 Å². The van der Waals surface area contributed by atoms with Crippen LogP contribution in [0.25, 0.3) is 11.1 Å². The van der Waals surface area contributed by atoms with E-state index in [1.165, 1.54) is 12.3 Å². The van der Waals surface area contributed by atoms with Gasteiger partial charge in [0.25, 0.3) is 0 Å². The second kappa shape index (κ2) is 3.47. The average Bonchev–Trinajstić information content (AvgIpc) is 2.60. The highest BCUT2D eigenvalue weighted by Gasteiger charge is 2.17. The first-order valence-electron chi connectivity index (χ1n) is 4.02. The van der Waals surface area contributed by atoms with Gasteiger partial charge in [0.15, 0.2) is 11.5 Å². The van der Waals surface area contributed by atoms with Crippen LogP contribution in [-0.2, 0) is 0 Å². The number of benzene rings is 1. The molecular formula is C9H7BrN2O3. The Hall–Kier alpha value is -1.69. The summed E-state index contributed by atoms with van der Waals surface area (Å²) < 4.78 is 5.27. The van der Waals surface area contributed by atoms with Crippen LogP contribution in [0.15, 0.2) is 27.3 Å². The monoisotopic (exact) mass is 270 g/mol. The van der Waals surface area contributed by atoms with E-state index in [1.54, 1.807) is 6.07 Å². The molecule has 5 nitrogen and oxygen atoms in total. The molecule has 0 atom stereocenters. The minimum Gasteiger partial charge on any atom is -0.504 e. The van der Waals surface area contributed by atoms with Gasteiger partial charge in [-0.05, 0) is 12.1 Å². The van der Waals surface area contributed by atoms with Crippen LogP contribution in [0.1, 0.15) is 0 Å². The highest BCUT2D eigenvalue weighted by molar-refractivity contribution is 9.10. The first kappa shape index (κ1) is 9.85. The third-order valence-electron chi connectivity index (χ3n) is 1.97. The van der Waals surface area contributed by atoms with Crippen molar-refractivity contribution in [3.63, 3.8) is 0 Å². The molecule has 0 fully saturated rings. The Labute approximate surface area is 93.2 Å². The van der Waals surface area contributed by atoms with E-state index in [1.807, 2.05) is 0 Å². The highest BCUT2D eigenvalue weighted by atomic mass is 79.9. The van der Waals surface area contributed by atoms with Crippen LogP contribution in [0, 0.1) is 0 Å². The maximum Gasteiger partial charge on any atom is 0.230 e. The second-order valence-corrected chi connectivity index (χ2v) is 3.75. The molecule has 15 heavy (non-hydrogen) atoms. The summed E-state index contributed by atoms with van der Waals surface area (Å²) in [6, 6.07) is 2.96. The van der Waals surface area contributed by atoms with Crippen LogP contribution in [0.2, 0.25) is 0 Å². The van der Waals surface area contributed by atoms with Crippen molar-refractivity contribution in [2.75, 3.05) is 5.73 Å². The first-order chi connectivity index (χ1) is 7.11. The van der Waals surface area contributed by atoms with E-state index in [9.17, 15) is 10.2 Å². The number of nitrogen functional groups attached to an aromatic ring is 1. The normalized spacial score (nSPS) is 10.5. The Balaban J connectivity index is 2.72. The highest BCUT2D eigenvalue weighted by Crippen LogP contribution is 2.43. The Bertz CT molecular complexity index is 510. The number of hydrogen-bond acceptors (Lipinski definition) is 5. The molecule has 4 N–H and O–H groups in total. The van der Waals surface area contributed by atoms with Gasteiger partial charge in [-0.25, -0.2) is 0 Å². The summed E-state index contributed by atoms with van der Waals surface area (Å²) in [5.74, 6) is -0.412. The van der Waals surface area contributed by atoms with Crippen LogP contribution in [0.4, 0.5) is 5.88 Å². The van der Waals surface area contributed by atoms with E-state index in [-0.39, 0.29) is 17.4 Å². The zero-order chi connectivity index (χ0) is 11.0. The number of phenols is 2. The van der Waals surface area contributed by atoms with Gasteiger partial charge in [0.1, 0.15) is 0 Å². The Morgan fingerprint density at radius 2 is 2.07 bits per heavy atom. The van der Waals surface area contributed by atoms with E-state index in [2.05, 4.69) is 25.6 Å². The molecular weight excluding hydrogens is 264 g/mol. The van der Waals surface area contributed by atoms with Gasteiger partial charge in [-0.1, -0.05) is 21.1 Å². The predicted octanol–water partition coefficient (Wildman–Crippen LogP) is 2.10. The first-order valence-corrected chi connectivity index (χ1v) is 4.81. The lowest BCUT2D eigenvalue weighted by molar-refractivity contribution is 0.405. The van der Waals surface area contributed by atoms with Crippen molar-refractivity contribution in [1.29, 1.82) is 0 Å². The van der Waals surface area contributed by atoms with Gasteiger partial charge in [-0.15, -0.1) is 0 Å². The number of aromatic nitrogens is 1. The molecule has 1 aromatic heterocycles. The standard InChI is InChI=1S/C9H7BrN2O3/c10-5-1-2-6(13)8(14)7(5)4-3-12-15-9(4)11/h1-3,13-14H,11H2. The van der Waals surface area contributed by atoms with Crippen LogP contribution in [0.5, 0.6) is 11.5 Å². The largest absolute Gasteiger partial charge is 0.504 e. The fraction of sp³-hybridized carbons (Fsp3) is 0. The van der Waals surface area contributed by atoms with Crippen molar-refractivity contribution < 1.29 is 14.7 Å². The smallest absolute Gasteiger partial charge is 0.230 e. The van der Waals surface area contributed by atoms with Crippen LogP contribution >= 0.6 is 15.9 Å². The van der Waals surface area contributed by atoms with Crippen molar-refractivity contribution in [1.82, 2.24) is 5.16 Å². The number of halogens is 1. The molecule has 78 valence electrons. The van der Waals surface area contributed by atoms with E-state index >= 15 is 0 Å². The molecule has 0 amide bonds. The van der Waals surface area contributed by atoms with Gasteiger partial charge < -0.3 is 20.5 Å². The van der Waals surface area contributed by atoms with Crippen molar-refractivity contribution in [3.05, 3.63) is 22.8 Å². The molecule has 1 aromatic carbocycles. The quantitative estimate of drug-likeness (QED) is 0.690. The summed E-state index contributed by atoms with van der Waals surface area (Å²) in [5, 5.41) is 22.5. The zero-order valence-corrected chi connectivity index (χ0v) is 9.02. The molecule has 2 rings (SSSR count). The van der Waals surface area contributed by atoms with Gasteiger partial charge in [0, 0.05) is 10.0 Å². The molecule has 0 aliphatic heterocycles. The van der Waals surface area contributed by atoms with Crippen molar-refractivity contribution in [2.24, 2.45) is 0 Å². The molecule has 0 saturated heterocycles. The maximum absolute atomic E-state index is 9.67. The summed E-state index contributed by atoms with van der Waals surface area (Å²) in [6.45, 7) is 0. The Kier molecular flexibility index (Phi) is 2.28. The molecule has 0 spiro atoms. The molecule has 0 saturated carbocycles. The van der Waals surface area contributed by atoms with Crippen LogP contribution < -0.4 is 5.73 Å². The molecule has 2 aromatic rings. The number of hydrogen-bond donors (Lipinski definition) is 3. The third kappa shape index (κ3) is 1.52. The average molecular weight is 271 g/mol. The Morgan fingerprint density at radius 3 is 2.67 bits per heavy atom. The van der Waals surface area contributed by atoms with Crippen molar-refractivity contribution in [2.45, 2.75) is 0 Å². The Morgan fingerprint density at radius 1 is 1.33 bits per heavy atom. The minimum atomic E-state index is -0.265.